The average molecular weight is 341 g/mol. The van der Waals surface area contributed by atoms with Crippen molar-refractivity contribution in [2.24, 2.45) is 0 Å². The highest BCUT2D eigenvalue weighted by Gasteiger charge is 2.49. The molecule has 0 unspecified atom stereocenters. The van der Waals surface area contributed by atoms with Gasteiger partial charge in [0.1, 0.15) is 36.6 Å². The maximum absolute atomic E-state index is 12.3. The molecule has 2 fully saturated rings. The number of rotatable bonds is 5. The van der Waals surface area contributed by atoms with E-state index in [9.17, 15) is 30.6 Å². The molecule has 2 heterocycles. The predicted molar refractivity (Wildman–Crippen MR) is 66.4 cm³/mol. The molecule has 11 heteroatoms. The van der Waals surface area contributed by atoms with Gasteiger partial charge in [0, 0.05) is 5.79 Å². The largest absolute Gasteiger partial charge is 0.825 e. The van der Waals surface area contributed by atoms with Gasteiger partial charge in [-0.05, 0) is 0 Å². The molecule has 2 saturated heterocycles. The minimum atomic E-state index is -2.62. The van der Waals surface area contributed by atoms with Crippen molar-refractivity contribution in [2.45, 2.75) is 54.8 Å². The smallest absolute Gasteiger partial charge is 0.186 e. The molecule has 7 N–H and O–H groups in total. The van der Waals surface area contributed by atoms with Gasteiger partial charge in [0.15, 0.2) is 6.29 Å². The second-order valence-corrected chi connectivity index (χ2v) is 5.59. The second-order valence-electron chi connectivity index (χ2n) is 5.59. The van der Waals surface area contributed by atoms with Crippen LogP contribution in [0, 0.1) is 0 Å². The highest BCUT2D eigenvalue weighted by Crippen LogP contribution is 2.29. The summed E-state index contributed by atoms with van der Waals surface area (Å²) in [5, 5.41) is 78.5. The van der Waals surface area contributed by atoms with Crippen LogP contribution in [-0.4, -0.2) is 110 Å². The molecule has 0 aliphatic carbocycles. The Morgan fingerprint density at radius 3 is 2.00 bits per heavy atom. The molecule has 11 nitrogen and oxygen atoms in total. The summed E-state index contributed by atoms with van der Waals surface area (Å²) in [6.07, 6.45) is -12.6. The summed E-state index contributed by atoms with van der Waals surface area (Å²) in [4.78, 5) is 0. The van der Waals surface area contributed by atoms with E-state index in [1.165, 1.54) is 0 Å². The van der Waals surface area contributed by atoms with Crippen molar-refractivity contribution >= 4 is 0 Å². The molecule has 0 bridgehead atoms. The Labute approximate surface area is 130 Å². The first-order valence-electron chi connectivity index (χ1n) is 7.02. The monoisotopic (exact) mass is 341 g/mol. The summed E-state index contributed by atoms with van der Waals surface area (Å²) in [6, 6.07) is 0. The van der Waals surface area contributed by atoms with E-state index in [1.54, 1.807) is 0 Å². The molecule has 0 aromatic rings. The van der Waals surface area contributed by atoms with E-state index in [1.807, 2.05) is 0 Å². The van der Waals surface area contributed by atoms with Crippen LogP contribution in [-0.2, 0) is 14.2 Å². The number of ether oxygens (including phenoxy) is 3. The first kappa shape index (κ1) is 18.9. The molecule has 0 aromatic carbocycles. The van der Waals surface area contributed by atoms with E-state index in [2.05, 4.69) is 0 Å². The zero-order valence-corrected chi connectivity index (χ0v) is 12.0. The third-order valence-electron chi connectivity index (χ3n) is 3.98. The van der Waals surface area contributed by atoms with Crippen LogP contribution in [0.2, 0.25) is 0 Å². The molecule has 0 saturated carbocycles. The molecule has 9 atom stereocenters. The van der Waals surface area contributed by atoms with Crippen molar-refractivity contribution in [1.82, 2.24) is 0 Å². The molecule has 23 heavy (non-hydrogen) atoms. The van der Waals surface area contributed by atoms with Gasteiger partial charge >= 0.3 is 0 Å². The van der Waals surface area contributed by atoms with E-state index in [0.717, 1.165) is 0 Å². The van der Waals surface area contributed by atoms with E-state index in [-0.39, 0.29) is 0 Å². The quantitative estimate of drug-likeness (QED) is 0.252. The SMILES string of the molecule is [O-][C@]1(CO[C@H]2O[C@H](CO)[C@@H](O)[C@H](O)[C@H]2O)O[C@H](CO)[C@@H](O)[C@@H]1O. The third kappa shape index (κ3) is 3.50. The van der Waals surface area contributed by atoms with Crippen molar-refractivity contribution in [3.05, 3.63) is 0 Å². The van der Waals surface area contributed by atoms with Crippen molar-refractivity contribution < 1.29 is 55.1 Å². The number of aliphatic hydroxyl groups excluding tert-OH is 7. The Morgan fingerprint density at radius 2 is 1.48 bits per heavy atom. The predicted octanol–water partition coefficient (Wildman–Crippen LogP) is -6.03. The van der Waals surface area contributed by atoms with Gasteiger partial charge in [-0.1, -0.05) is 0 Å². The van der Waals surface area contributed by atoms with E-state index >= 15 is 0 Å². The minimum Gasteiger partial charge on any atom is -0.825 e. The molecule has 2 aliphatic rings. The molecule has 0 spiro atoms. The Hall–Kier alpha value is -0.440. The lowest BCUT2D eigenvalue weighted by Crippen LogP contribution is -2.62. The summed E-state index contributed by atoms with van der Waals surface area (Å²) in [5.41, 5.74) is 0. The van der Waals surface area contributed by atoms with Gasteiger partial charge in [-0.2, -0.15) is 0 Å². The lowest BCUT2D eigenvalue weighted by molar-refractivity contribution is -0.573. The van der Waals surface area contributed by atoms with Gasteiger partial charge in [-0.15, -0.1) is 0 Å². The summed E-state index contributed by atoms with van der Waals surface area (Å²) >= 11 is 0. The van der Waals surface area contributed by atoms with E-state index in [4.69, 9.17) is 24.4 Å². The zero-order chi connectivity index (χ0) is 17.4. The van der Waals surface area contributed by atoms with Crippen LogP contribution in [0.4, 0.5) is 0 Å². The molecule has 0 aromatic heterocycles. The fraction of sp³-hybridized carbons (Fsp3) is 1.00. The van der Waals surface area contributed by atoms with E-state index < -0.39 is 74.6 Å². The Kier molecular flexibility index (Phi) is 5.92. The Balaban J connectivity index is 1.99. The molecule has 0 radical (unpaired) electrons. The normalized spacial score (nSPS) is 51.1. The summed E-state index contributed by atoms with van der Waals surface area (Å²) < 4.78 is 14.9. The third-order valence-corrected chi connectivity index (χ3v) is 3.98. The van der Waals surface area contributed by atoms with E-state index in [0.29, 0.717) is 0 Å². The van der Waals surface area contributed by atoms with Crippen LogP contribution in [0.5, 0.6) is 0 Å². The van der Waals surface area contributed by atoms with Crippen LogP contribution in [0.25, 0.3) is 0 Å². The average Bonchev–Trinajstić information content (AvgIpc) is 2.76. The maximum Gasteiger partial charge on any atom is 0.186 e. The lowest BCUT2D eigenvalue weighted by Gasteiger charge is -2.43. The van der Waals surface area contributed by atoms with Crippen LogP contribution in [0.15, 0.2) is 0 Å². The van der Waals surface area contributed by atoms with Crippen molar-refractivity contribution in [2.75, 3.05) is 19.8 Å². The summed E-state index contributed by atoms with van der Waals surface area (Å²) in [6.45, 7) is -2.25. The van der Waals surface area contributed by atoms with Crippen LogP contribution < -0.4 is 5.11 Å². The first-order chi connectivity index (χ1) is 10.7. The lowest BCUT2D eigenvalue weighted by atomic mass is 9.99. The Bertz CT molecular complexity index is 393. The van der Waals surface area contributed by atoms with Crippen LogP contribution in [0.1, 0.15) is 0 Å². The number of hydrogen-bond donors (Lipinski definition) is 7. The van der Waals surface area contributed by atoms with Crippen LogP contribution in [0.3, 0.4) is 0 Å². The van der Waals surface area contributed by atoms with Gasteiger partial charge < -0.3 is 55.1 Å². The van der Waals surface area contributed by atoms with Crippen molar-refractivity contribution in [3.8, 4) is 0 Å². The fourth-order valence-corrected chi connectivity index (χ4v) is 2.53. The van der Waals surface area contributed by atoms with Gasteiger partial charge in [-0.3, -0.25) is 0 Å². The zero-order valence-electron chi connectivity index (χ0n) is 12.0. The Morgan fingerprint density at radius 1 is 0.870 bits per heavy atom. The molecule has 2 aliphatic heterocycles. The van der Waals surface area contributed by atoms with Crippen molar-refractivity contribution in [3.63, 3.8) is 0 Å². The minimum absolute atomic E-state index is 0.669. The maximum atomic E-state index is 12.3. The van der Waals surface area contributed by atoms with Gasteiger partial charge in [0.2, 0.25) is 0 Å². The number of hydrogen-bond acceptors (Lipinski definition) is 11. The van der Waals surface area contributed by atoms with Gasteiger partial charge in [0.05, 0.1) is 25.9 Å². The van der Waals surface area contributed by atoms with Crippen LogP contribution >= 0.6 is 0 Å². The topological polar surface area (TPSA) is 192 Å². The molecule has 2 rings (SSSR count). The van der Waals surface area contributed by atoms with Crippen molar-refractivity contribution in [1.29, 1.82) is 0 Å². The number of aliphatic hydroxyl groups is 7. The standard InChI is InChI=1S/C12H21O11/c13-1-4-6(15)8(17)9(18)11(22-4)21-3-12(20)10(19)7(16)5(2-14)23-12/h4-11,13-19H,1-3H2/q-1/t4-,5-,6-,7-,8+,9-,10+,11+,12-/m1/s1. The molecule has 0 amide bonds. The van der Waals surface area contributed by atoms with Gasteiger partial charge in [-0.25, -0.2) is 0 Å². The second kappa shape index (κ2) is 7.21. The first-order valence-corrected chi connectivity index (χ1v) is 7.02. The highest BCUT2D eigenvalue weighted by molar-refractivity contribution is 4.95. The molecule has 136 valence electrons. The summed E-state index contributed by atoms with van der Waals surface area (Å²) in [7, 11) is 0. The summed E-state index contributed by atoms with van der Waals surface area (Å²) in [5.74, 6) is -2.62. The van der Waals surface area contributed by atoms with Gasteiger partial charge in [0.25, 0.3) is 0 Å². The molecular weight excluding hydrogens is 320 g/mol. The highest BCUT2D eigenvalue weighted by atomic mass is 16.7. The molecular formula is C12H21O11-. The fourth-order valence-electron chi connectivity index (χ4n) is 2.53.